The molecule has 2 rings (SSSR count). The zero-order valence-corrected chi connectivity index (χ0v) is 11.0. The molecule has 9 heteroatoms. The van der Waals surface area contributed by atoms with Crippen LogP contribution in [0, 0.1) is 12.8 Å². The summed E-state index contributed by atoms with van der Waals surface area (Å²) in [6.45, 7) is 1.81. The normalized spacial score (nSPS) is 20.0. The van der Waals surface area contributed by atoms with Gasteiger partial charge in [-0.25, -0.2) is 4.98 Å². The van der Waals surface area contributed by atoms with Gasteiger partial charge in [0.05, 0.1) is 5.75 Å². The molecule has 7 nitrogen and oxygen atoms in total. The molecule has 2 heterocycles. The van der Waals surface area contributed by atoms with Crippen LogP contribution in [0.5, 0.6) is 0 Å². The van der Waals surface area contributed by atoms with Crippen LogP contribution in [0.15, 0.2) is 6.07 Å². The van der Waals surface area contributed by atoms with E-state index in [4.69, 9.17) is 5.73 Å². The Morgan fingerprint density at radius 2 is 2.21 bits per heavy atom. The van der Waals surface area contributed by atoms with E-state index in [2.05, 4.69) is 9.97 Å². The number of nitrogens with two attached hydrogens (primary N) is 1. The minimum Gasteiger partial charge on any atom is -0.368 e. The summed E-state index contributed by atoms with van der Waals surface area (Å²) in [6, 6.07) is 1.57. The highest BCUT2D eigenvalue weighted by molar-refractivity contribution is 7.86. The lowest BCUT2D eigenvalue weighted by Gasteiger charge is -2.15. The number of hydrogen-bond acceptors (Lipinski definition) is 6. The maximum Gasteiger partial charge on any atom is 0.302 e. The Hall–Kier alpha value is -1.77. The predicted octanol–water partition coefficient (Wildman–Crippen LogP) is 0.0194. The van der Waals surface area contributed by atoms with Gasteiger partial charge in [-0.1, -0.05) is 0 Å². The van der Waals surface area contributed by atoms with Crippen molar-refractivity contribution in [2.24, 2.45) is 5.92 Å². The van der Waals surface area contributed by atoms with Crippen molar-refractivity contribution in [1.82, 2.24) is 9.97 Å². The molecule has 2 N–H and O–H groups in total. The molecule has 1 unspecified atom stereocenters. The third-order valence-electron chi connectivity index (χ3n) is 2.77. The van der Waals surface area contributed by atoms with E-state index in [-0.39, 0.29) is 24.8 Å². The molecule has 1 aliphatic heterocycles. The van der Waals surface area contributed by atoms with Crippen LogP contribution in [-0.2, 0) is 15.0 Å². The zero-order valence-electron chi connectivity index (χ0n) is 10.2. The molecule has 0 radical (unpaired) electrons. The summed E-state index contributed by atoms with van der Waals surface area (Å²) in [5, 5.41) is 0. The van der Waals surface area contributed by atoms with Gasteiger partial charge in [-0.15, -0.1) is 3.89 Å². The Balaban J connectivity index is 2.20. The van der Waals surface area contributed by atoms with E-state index >= 15 is 0 Å². The van der Waals surface area contributed by atoms with Gasteiger partial charge >= 0.3 is 10.2 Å². The summed E-state index contributed by atoms with van der Waals surface area (Å²) in [5.41, 5.74) is 6.09. The average molecular weight is 288 g/mol. The number of nitrogen functional groups attached to an aromatic ring is 1. The van der Waals surface area contributed by atoms with Gasteiger partial charge in [0.1, 0.15) is 5.82 Å². The van der Waals surface area contributed by atoms with Crippen molar-refractivity contribution in [3.05, 3.63) is 11.8 Å². The van der Waals surface area contributed by atoms with Gasteiger partial charge in [-0.2, -0.15) is 13.4 Å². The van der Waals surface area contributed by atoms with Crippen molar-refractivity contribution in [1.29, 1.82) is 0 Å². The van der Waals surface area contributed by atoms with E-state index in [1.165, 1.54) is 4.90 Å². The molecule has 1 aromatic rings. The summed E-state index contributed by atoms with van der Waals surface area (Å²) in [6.07, 6.45) is -0.0217. The molecule has 0 aromatic carbocycles. The number of rotatable bonds is 3. The molecule has 104 valence electrons. The van der Waals surface area contributed by atoms with E-state index in [1.807, 2.05) is 0 Å². The summed E-state index contributed by atoms with van der Waals surface area (Å²) in [7, 11) is -4.59. The number of carbonyl (C=O) groups excluding carboxylic acids is 1. The van der Waals surface area contributed by atoms with Gasteiger partial charge in [0, 0.05) is 30.6 Å². The lowest BCUT2D eigenvalue weighted by Crippen LogP contribution is -2.26. The first kappa shape index (κ1) is 13.7. The van der Waals surface area contributed by atoms with Crippen LogP contribution >= 0.6 is 0 Å². The number of aryl methyl sites for hydroxylation is 1. The molecular formula is C10H13FN4O3S. The Labute approximate surface area is 109 Å². The van der Waals surface area contributed by atoms with E-state index in [1.54, 1.807) is 13.0 Å². The minimum absolute atomic E-state index is 0.0217. The van der Waals surface area contributed by atoms with Crippen LogP contribution in [0.25, 0.3) is 0 Å². The van der Waals surface area contributed by atoms with Gasteiger partial charge in [-0.05, 0) is 6.92 Å². The number of amides is 1. The monoisotopic (exact) mass is 288 g/mol. The van der Waals surface area contributed by atoms with Gasteiger partial charge in [-0.3, -0.25) is 9.69 Å². The van der Waals surface area contributed by atoms with Gasteiger partial charge in [0.15, 0.2) is 0 Å². The molecular weight excluding hydrogens is 275 g/mol. The van der Waals surface area contributed by atoms with E-state index in [0.29, 0.717) is 11.5 Å². The Morgan fingerprint density at radius 3 is 2.79 bits per heavy atom. The molecule has 1 aliphatic rings. The zero-order chi connectivity index (χ0) is 14.2. The Kier molecular flexibility index (Phi) is 3.40. The molecule has 0 bridgehead atoms. The Bertz CT molecular complexity index is 599. The van der Waals surface area contributed by atoms with Crippen molar-refractivity contribution in [3.8, 4) is 0 Å². The summed E-state index contributed by atoms with van der Waals surface area (Å²) in [5.74, 6) is -1.18. The second kappa shape index (κ2) is 4.72. The largest absolute Gasteiger partial charge is 0.368 e. The third kappa shape index (κ3) is 3.37. The highest BCUT2D eigenvalue weighted by atomic mass is 32.3. The van der Waals surface area contributed by atoms with Crippen LogP contribution in [0.2, 0.25) is 0 Å². The maximum atomic E-state index is 12.6. The van der Waals surface area contributed by atoms with Gasteiger partial charge < -0.3 is 5.73 Å². The van der Waals surface area contributed by atoms with Crippen molar-refractivity contribution in [3.63, 3.8) is 0 Å². The molecule has 0 saturated carbocycles. The highest BCUT2D eigenvalue weighted by Gasteiger charge is 2.34. The van der Waals surface area contributed by atoms with Crippen molar-refractivity contribution in [2.75, 3.05) is 22.9 Å². The standard InChI is InChI=1S/C10H13FN4O3S/c1-6-2-8(14-10(12)13-6)15-4-7(3-9(15)16)5-19(11,17)18/h2,7H,3-5H2,1H3,(H2,12,13,14). The number of halogens is 1. The second-order valence-corrected chi connectivity index (χ2v) is 5.92. The number of nitrogens with zero attached hydrogens (tertiary/aromatic N) is 3. The molecule has 1 atom stereocenters. The first-order chi connectivity index (χ1) is 8.74. The van der Waals surface area contributed by atoms with Crippen LogP contribution in [0.1, 0.15) is 12.1 Å². The Morgan fingerprint density at radius 1 is 1.53 bits per heavy atom. The molecule has 0 aliphatic carbocycles. The minimum atomic E-state index is -4.59. The fourth-order valence-corrected chi connectivity index (χ4v) is 2.90. The molecule has 0 spiro atoms. The first-order valence-corrected chi connectivity index (χ1v) is 7.14. The number of aromatic nitrogens is 2. The van der Waals surface area contributed by atoms with E-state index in [0.717, 1.165) is 0 Å². The fraction of sp³-hybridized carbons (Fsp3) is 0.500. The number of hydrogen-bond donors (Lipinski definition) is 1. The summed E-state index contributed by atoms with van der Waals surface area (Å²) < 4.78 is 33.8. The average Bonchev–Trinajstić information content (AvgIpc) is 2.54. The highest BCUT2D eigenvalue weighted by Crippen LogP contribution is 2.25. The predicted molar refractivity (Wildman–Crippen MR) is 66.5 cm³/mol. The van der Waals surface area contributed by atoms with Crippen LogP contribution in [0.4, 0.5) is 15.7 Å². The SMILES string of the molecule is Cc1cc(N2CC(CS(=O)(=O)F)CC2=O)nc(N)n1. The van der Waals surface area contributed by atoms with Crippen LogP contribution < -0.4 is 10.6 Å². The number of carbonyl (C=O) groups is 1. The molecule has 19 heavy (non-hydrogen) atoms. The number of anilines is 2. The molecule has 1 amide bonds. The molecule has 1 fully saturated rings. The van der Waals surface area contributed by atoms with Crippen molar-refractivity contribution in [2.45, 2.75) is 13.3 Å². The van der Waals surface area contributed by atoms with Gasteiger partial charge in [0.2, 0.25) is 11.9 Å². The van der Waals surface area contributed by atoms with Gasteiger partial charge in [0.25, 0.3) is 0 Å². The van der Waals surface area contributed by atoms with Crippen molar-refractivity contribution < 1.29 is 17.1 Å². The smallest absolute Gasteiger partial charge is 0.302 e. The fourth-order valence-electron chi connectivity index (χ4n) is 2.11. The summed E-state index contributed by atoms with van der Waals surface area (Å²) >= 11 is 0. The second-order valence-electron chi connectivity index (χ2n) is 4.51. The maximum absolute atomic E-state index is 12.6. The van der Waals surface area contributed by atoms with E-state index in [9.17, 15) is 17.1 Å². The third-order valence-corrected chi connectivity index (χ3v) is 3.64. The van der Waals surface area contributed by atoms with Crippen LogP contribution in [0.3, 0.4) is 0 Å². The summed E-state index contributed by atoms with van der Waals surface area (Å²) in [4.78, 5) is 20.9. The topological polar surface area (TPSA) is 106 Å². The first-order valence-electron chi connectivity index (χ1n) is 5.58. The molecule has 1 saturated heterocycles. The quantitative estimate of drug-likeness (QED) is 0.786. The van der Waals surface area contributed by atoms with E-state index < -0.39 is 21.9 Å². The molecule has 1 aromatic heterocycles. The van der Waals surface area contributed by atoms with Crippen LogP contribution in [-0.4, -0.2) is 36.6 Å². The lowest BCUT2D eigenvalue weighted by atomic mass is 10.1. The lowest BCUT2D eigenvalue weighted by molar-refractivity contribution is -0.117. The van der Waals surface area contributed by atoms with Crippen molar-refractivity contribution >= 4 is 27.9 Å².